The summed E-state index contributed by atoms with van der Waals surface area (Å²) in [6.07, 6.45) is 5.99. The summed E-state index contributed by atoms with van der Waals surface area (Å²) >= 11 is 0. The third-order valence-corrected chi connectivity index (χ3v) is 4.79. The molecule has 2 saturated carbocycles. The van der Waals surface area contributed by atoms with E-state index >= 15 is 0 Å². The second kappa shape index (κ2) is 5.86. The molecule has 1 aromatic rings. The van der Waals surface area contributed by atoms with Crippen molar-refractivity contribution in [2.75, 3.05) is 11.9 Å². The molecular weight excluding hydrogens is 250 g/mol. The number of carbonyl (C=O) groups excluding carboxylic acids is 1. The fourth-order valence-electron chi connectivity index (χ4n) is 3.92. The predicted octanol–water partition coefficient (Wildman–Crippen LogP) is 3.85. The Bertz CT molecular complexity index is 486. The van der Waals surface area contributed by atoms with E-state index in [0.29, 0.717) is 18.9 Å². The number of amides is 1. The molecule has 0 unspecified atom stereocenters. The Labute approximate surface area is 120 Å². The summed E-state index contributed by atoms with van der Waals surface area (Å²) in [6, 6.07) is 7.66. The molecule has 3 heteroatoms. The minimum absolute atomic E-state index is 0.134. The molecule has 2 fully saturated rings. The lowest BCUT2D eigenvalue weighted by molar-refractivity contribution is -0.117. The first kappa shape index (κ1) is 13.5. The standard InChI is InChI=1S/C17H23NO2/c1-2-20-16-6-4-3-5-15(16)18-17(19)11-14-10-12-7-8-13(14)9-12/h3-6,12-14H,2,7-11H2,1H3,(H,18,19)/t12-,13+,14-/m0/s1. The zero-order valence-electron chi connectivity index (χ0n) is 12.1. The summed E-state index contributed by atoms with van der Waals surface area (Å²) in [7, 11) is 0. The van der Waals surface area contributed by atoms with Gasteiger partial charge in [-0.3, -0.25) is 4.79 Å². The maximum absolute atomic E-state index is 12.2. The fourth-order valence-corrected chi connectivity index (χ4v) is 3.92. The van der Waals surface area contributed by atoms with Crippen molar-refractivity contribution in [2.24, 2.45) is 17.8 Å². The van der Waals surface area contributed by atoms with Crippen molar-refractivity contribution >= 4 is 11.6 Å². The van der Waals surface area contributed by atoms with Crippen LogP contribution in [-0.4, -0.2) is 12.5 Å². The second-order valence-corrected chi connectivity index (χ2v) is 6.12. The van der Waals surface area contributed by atoms with E-state index in [1.807, 2.05) is 31.2 Å². The number of benzene rings is 1. The number of hydrogen-bond donors (Lipinski definition) is 1. The maximum Gasteiger partial charge on any atom is 0.224 e. The van der Waals surface area contributed by atoms with Gasteiger partial charge in [-0.25, -0.2) is 0 Å². The van der Waals surface area contributed by atoms with Gasteiger partial charge in [0.2, 0.25) is 5.91 Å². The minimum atomic E-state index is 0.134. The van der Waals surface area contributed by atoms with Gasteiger partial charge in [-0.1, -0.05) is 18.6 Å². The largest absolute Gasteiger partial charge is 0.492 e. The number of rotatable bonds is 5. The summed E-state index contributed by atoms with van der Waals surface area (Å²) in [5.74, 6) is 3.19. The number of ether oxygens (including phenoxy) is 1. The highest BCUT2D eigenvalue weighted by atomic mass is 16.5. The van der Waals surface area contributed by atoms with Gasteiger partial charge in [0.15, 0.2) is 0 Å². The molecule has 3 atom stereocenters. The molecule has 20 heavy (non-hydrogen) atoms. The maximum atomic E-state index is 12.2. The van der Waals surface area contributed by atoms with Crippen molar-refractivity contribution in [1.29, 1.82) is 0 Å². The fraction of sp³-hybridized carbons (Fsp3) is 0.588. The average Bonchev–Trinajstić information content (AvgIpc) is 3.03. The molecule has 0 heterocycles. The highest BCUT2D eigenvalue weighted by Crippen LogP contribution is 2.49. The Kier molecular flexibility index (Phi) is 3.95. The normalized spacial score (nSPS) is 27.6. The first-order valence-corrected chi connectivity index (χ1v) is 7.78. The Morgan fingerprint density at radius 1 is 1.30 bits per heavy atom. The topological polar surface area (TPSA) is 38.3 Å². The van der Waals surface area contributed by atoms with Gasteiger partial charge in [0.25, 0.3) is 0 Å². The van der Waals surface area contributed by atoms with Gasteiger partial charge in [0.05, 0.1) is 12.3 Å². The van der Waals surface area contributed by atoms with E-state index in [0.717, 1.165) is 23.3 Å². The van der Waals surface area contributed by atoms with Gasteiger partial charge in [-0.2, -0.15) is 0 Å². The first-order chi connectivity index (χ1) is 9.76. The van der Waals surface area contributed by atoms with Crippen LogP contribution in [-0.2, 0) is 4.79 Å². The lowest BCUT2D eigenvalue weighted by Gasteiger charge is -2.21. The first-order valence-electron chi connectivity index (χ1n) is 7.78. The Hall–Kier alpha value is -1.51. The molecule has 2 aliphatic carbocycles. The lowest BCUT2D eigenvalue weighted by atomic mass is 9.86. The summed E-state index contributed by atoms with van der Waals surface area (Å²) < 4.78 is 5.54. The van der Waals surface area contributed by atoms with Crippen molar-refractivity contribution < 1.29 is 9.53 Å². The van der Waals surface area contributed by atoms with E-state index in [1.54, 1.807) is 0 Å². The number of hydrogen-bond acceptors (Lipinski definition) is 2. The van der Waals surface area contributed by atoms with E-state index in [9.17, 15) is 4.79 Å². The number of carbonyl (C=O) groups is 1. The third kappa shape index (κ3) is 2.82. The molecule has 1 amide bonds. The molecule has 0 aromatic heterocycles. The van der Waals surface area contributed by atoms with Gasteiger partial charge in [-0.15, -0.1) is 0 Å². The number of nitrogens with one attached hydrogen (secondary N) is 1. The van der Waals surface area contributed by atoms with Crippen LogP contribution in [0.1, 0.15) is 39.0 Å². The Morgan fingerprint density at radius 3 is 2.85 bits per heavy atom. The van der Waals surface area contributed by atoms with Crippen LogP contribution in [0.15, 0.2) is 24.3 Å². The van der Waals surface area contributed by atoms with Crippen molar-refractivity contribution in [2.45, 2.75) is 39.0 Å². The van der Waals surface area contributed by atoms with Crippen LogP contribution in [0.25, 0.3) is 0 Å². The second-order valence-electron chi connectivity index (χ2n) is 6.12. The number of anilines is 1. The van der Waals surface area contributed by atoms with Crippen LogP contribution < -0.4 is 10.1 Å². The third-order valence-electron chi connectivity index (χ3n) is 4.79. The van der Waals surface area contributed by atoms with Gasteiger partial charge in [0, 0.05) is 6.42 Å². The number of fused-ring (bicyclic) bond motifs is 2. The summed E-state index contributed by atoms with van der Waals surface area (Å²) in [5.41, 5.74) is 0.794. The minimum Gasteiger partial charge on any atom is -0.492 e. The lowest BCUT2D eigenvalue weighted by Crippen LogP contribution is -2.20. The van der Waals surface area contributed by atoms with Crippen LogP contribution in [0, 0.1) is 17.8 Å². The van der Waals surface area contributed by atoms with Gasteiger partial charge >= 0.3 is 0 Å². The van der Waals surface area contributed by atoms with Crippen molar-refractivity contribution in [1.82, 2.24) is 0 Å². The molecule has 3 rings (SSSR count). The summed E-state index contributed by atoms with van der Waals surface area (Å²) in [6.45, 7) is 2.56. The van der Waals surface area contributed by atoms with E-state index in [2.05, 4.69) is 5.32 Å². The zero-order valence-corrected chi connectivity index (χ0v) is 12.1. The molecule has 2 bridgehead atoms. The van der Waals surface area contributed by atoms with E-state index in [-0.39, 0.29) is 5.91 Å². The van der Waals surface area contributed by atoms with Crippen LogP contribution in [0.2, 0.25) is 0 Å². The molecule has 0 radical (unpaired) electrons. The summed E-state index contributed by atoms with van der Waals surface area (Å²) in [4.78, 5) is 12.2. The molecule has 1 aromatic carbocycles. The van der Waals surface area contributed by atoms with Gasteiger partial charge in [-0.05, 0) is 56.1 Å². The van der Waals surface area contributed by atoms with E-state index in [1.165, 1.54) is 25.7 Å². The van der Waals surface area contributed by atoms with Crippen molar-refractivity contribution in [3.8, 4) is 5.75 Å². The van der Waals surface area contributed by atoms with Crippen LogP contribution in [0.3, 0.4) is 0 Å². The van der Waals surface area contributed by atoms with Crippen molar-refractivity contribution in [3.63, 3.8) is 0 Å². The Morgan fingerprint density at radius 2 is 2.15 bits per heavy atom. The van der Waals surface area contributed by atoms with Crippen molar-refractivity contribution in [3.05, 3.63) is 24.3 Å². The molecular formula is C17H23NO2. The highest BCUT2D eigenvalue weighted by Gasteiger charge is 2.40. The molecule has 0 saturated heterocycles. The Balaban J connectivity index is 1.59. The van der Waals surface area contributed by atoms with Crippen LogP contribution >= 0.6 is 0 Å². The SMILES string of the molecule is CCOc1ccccc1NC(=O)C[C@@H]1C[C@H]2CC[C@@H]1C2. The highest BCUT2D eigenvalue weighted by molar-refractivity contribution is 5.92. The van der Waals surface area contributed by atoms with E-state index in [4.69, 9.17) is 4.74 Å². The monoisotopic (exact) mass is 273 g/mol. The van der Waals surface area contributed by atoms with Crippen LogP contribution in [0.5, 0.6) is 5.75 Å². The molecule has 0 spiro atoms. The predicted molar refractivity (Wildman–Crippen MR) is 79.8 cm³/mol. The molecule has 1 N–H and O–H groups in total. The molecule has 108 valence electrons. The smallest absolute Gasteiger partial charge is 0.224 e. The van der Waals surface area contributed by atoms with Crippen LogP contribution in [0.4, 0.5) is 5.69 Å². The number of para-hydroxylation sites is 2. The molecule has 0 aliphatic heterocycles. The zero-order chi connectivity index (χ0) is 13.9. The molecule has 2 aliphatic rings. The van der Waals surface area contributed by atoms with Gasteiger partial charge in [0.1, 0.15) is 5.75 Å². The molecule has 3 nitrogen and oxygen atoms in total. The summed E-state index contributed by atoms with van der Waals surface area (Å²) in [5, 5.41) is 3.02. The van der Waals surface area contributed by atoms with Gasteiger partial charge < -0.3 is 10.1 Å². The van der Waals surface area contributed by atoms with E-state index < -0.39 is 0 Å². The average molecular weight is 273 g/mol. The quantitative estimate of drug-likeness (QED) is 0.885.